The zero-order chi connectivity index (χ0) is 9.90. The van der Waals surface area contributed by atoms with Crippen LogP contribution in [0.25, 0.3) is 0 Å². The number of hydrogen-bond acceptors (Lipinski definition) is 1. The molecule has 0 aromatic heterocycles. The summed E-state index contributed by atoms with van der Waals surface area (Å²) in [6.07, 6.45) is 0.950. The third-order valence-electron chi connectivity index (χ3n) is 2.75. The lowest BCUT2D eigenvalue weighted by Crippen LogP contribution is -2.43. The molecule has 0 aliphatic rings. The average molecular weight is 177 g/mol. The van der Waals surface area contributed by atoms with E-state index in [-0.39, 0.29) is 5.54 Å². The molecular weight excluding hydrogens is 158 g/mol. The predicted molar refractivity (Wildman–Crippen MR) is 57.6 cm³/mol. The van der Waals surface area contributed by atoms with Crippen molar-refractivity contribution < 1.29 is 0 Å². The van der Waals surface area contributed by atoms with Crippen LogP contribution in [0.3, 0.4) is 0 Å². The molecule has 1 nitrogen and oxygen atoms in total. The molecule has 0 heterocycles. The molecular formula is C12H19N. The van der Waals surface area contributed by atoms with E-state index in [9.17, 15) is 0 Å². The lowest BCUT2D eigenvalue weighted by molar-refractivity contribution is 0.338. The minimum atomic E-state index is -0.0959. The molecule has 0 bridgehead atoms. The monoisotopic (exact) mass is 177 g/mol. The van der Waals surface area contributed by atoms with E-state index in [4.69, 9.17) is 5.73 Å². The minimum Gasteiger partial charge on any atom is -0.325 e. The van der Waals surface area contributed by atoms with Gasteiger partial charge in [-0.3, -0.25) is 0 Å². The molecule has 0 unspecified atom stereocenters. The molecule has 0 aliphatic carbocycles. The molecule has 72 valence electrons. The third-order valence-corrected chi connectivity index (χ3v) is 2.75. The summed E-state index contributed by atoms with van der Waals surface area (Å²) in [4.78, 5) is 0. The Balaban J connectivity index is 2.69. The summed E-state index contributed by atoms with van der Waals surface area (Å²) < 4.78 is 0. The van der Waals surface area contributed by atoms with Gasteiger partial charge in [0.1, 0.15) is 0 Å². The van der Waals surface area contributed by atoms with Crippen LogP contribution in [0.1, 0.15) is 26.3 Å². The zero-order valence-corrected chi connectivity index (χ0v) is 8.75. The SMILES string of the molecule is CC(C)[C@@](C)(N)Cc1ccccc1. The van der Waals surface area contributed by atoms with Gasteiger partial charge in [0, 0.05) is 5.54 Å². The van der Waals surface area contributed by atoms with Gasteiger partial charge < -0.3 is 5.73 Å². The predicted octanol–water partition coefficient (Wildman–Crippen LogP) is 2.60. The van der Waals surface area contributed by atoms with Gasteiger partial charge in [-0.2, -0.15) is 0 Å². The van der Waals surface area contributed by atoms with Crippen molar-refractivity contribution in [2.75, 3.05) is 0 Å². The highest BCUT2D eigenvalue weighted by molar-refractivity contribution is 5.17. The van der Waals surface area contributed by atoms with Gasteiger partial charge in [0.15, 0.2) is 0 Å². The highest BCUT2D eigenvalue weighted by atomic mass is 14.7. The highest BCUT2D eigenvalue weighted by Gasteiger charge is 2.22. The first kappa shape index (κ1) is 10.3. The Kier molecular flexibility index (Phi) is 3.10. The summed E-state index contributed by atoms with van der Waals surface area (Å²) in [7, 11) is 0. The minimum absolute atomic E-state index is 0.0959. The van der Waals surface area contributed by atoms with E-state index in [1.165, 1.54) is 5.56 Å². The maximum absolute atomic E-state index is 6.19. The lowest BCUT2D eigenvalue weighted by Gasteiger charge is -2.29. The fourth-order valence-corrected chi connectivity index (χ4v) is 1.24. The summed E-state index contributed by atoms with van der Waals surface area (Å²) in [5.74, 6) is 0.507. The molecule has 13 heavy (non-hydrogen) atoms. The lowest BCUT2D eigenvalue weighted by atomic mass is 9.84. The molecule has 1 aromatic carbocycles. The molecule has 0 aliphatic heterocycles. The van der Waals surface area contributed by atoms with E-state index < -0.39 is 0 Å². The first-order chi connectivity index (χ1) is 6.02. The van der Waals surface area contributed by atoms with Crippen LogP contribution >= 0.6 is 0 Å². The summed E-state index contributed by atoms with van der Waals surface area (Å²) in [5, 5.41) is 0. The van der Waals surface area contributed by atoms with Crippen LogP contribution in [0.2, 0.25) is 0 Å². The average Bonchev–Trinajstić information content (AvgIpc) is 2.05. The van der Waals surface area contributed by atoms with Gasteiger partial charge in [0.05, 0.1) is 0 Å². The normalized spacial score (nSPS) is 15.8. The molecule has 0 spiro atoms. The van der Waals surface area contributed by atoms with Crippen LogP contribution in [-0.4, -0.2) is 5.54 Å². The van der Waals surface area contributed by atoms with Crippen molar-refractivity contribution in [1.29, 1.82) is 0 Å². The smallest absolute Gasteiger partial charge is 0.0189 e. The van der Waals surface area contributed by atoms with E-state index >= 15 is 0 Å². The topological polar surface area (TPSA) is 26.0 Å². The fourth-order valence-electron chi connectivity index (χ4n) is 1.24. The van der Waals surface area contributed by atoms with E-state index in [1.54, 1.807) is 0 Å². The molecule has 1 heteroatoms. The quantitative estimate of drug-likeness (QED) is 0.754. The molecule has 1 aromatic rings. The van der Waals surface area contributed by atoms with E-state index in [2.05, 4.69) is 45.0 Å². The number of hydrogen-bond donors (Lipinski definition) is 1. The largest absolute Gasteiger partial charge is 0.325 e. The zero-order valence-electron chi connectivity index (χ0n) is 8.75. The maximum Gasteiger partial charge on any atom is 0.0189 e. The molecule has 1 rings (SSSR count). The Bertz CT molecular complexity index is 249. The van der Waals surface area contributed by atoms with Crippen molar-refractivity contribution in [2.45, 2.75) is 32.7 Å². The Morgan fingerprint density at radius 2 is 1.77 bits per heavy atom. The number of nitrogens with two attached hydrogens (primary N) is 1. The number of benzene rings is 1. The Labute approximate surface area is 81.0 Å². The van der Waals surface area contributed by atoms with Gasteiger partial charge in [-0.15, -0.1) is 0 Å². The summed E-state index contributed by atoms with van der Waals surface area (Å²) in [5.41, 5.74) is 7.42. The summed E-state index contributed by atoms with van der Waals surface area (Å²) in [6.45, 7) is 6.45. The molecule has 0 saturated heterocycles. The molecule has 1 atom stereocenters. The van der Waals surface area contributed by atoms with Crippen LogP contribution in [0.15, 0.2) is 30.3 Å². The Morgan fingerprint density at radius 3 is 2.23 bits per heavy atom. The van der Waals surface area contributed by atoms with E-state index in [0.717, 1.165) is 6.42 Å². The third kappa shape index (κ3) is 2.85. The highest BCUT2D eigenvalue weighted by Crippen LogP contribution is 2.18. The summed E-state index contributed by atoms with van der Waals surface area (Å²) in [6, 6.07) is 10.4. The van der Waals surface area contributed by atoms with E-state index in [1.807, 2.05) is 6.07 Å². The summed E-state index contributed by atoms with van der Waals surface area (Å²) >= 11 is 0. The van der Waals surface area contributed by atoms with Gasteiger partial charge in [-0.05, 0) is 24.8 Å². The van der Waals surface area contributed by atoms with Crippen molar-refractivity contribution in [1.82, 2.24) is 0 Å². The van der Waals surface area contributed by atoms with Crippen molar-refractivity contribution in [3.8, 4) is 0 Å². The standard InChI is InChI=1S/C12H19N/c1-10(2)12(3,13)9-11-7-5-4-6-8-11/h4-8,10H,9,13H2,1-3H3/t12-/m0/s1. The maximum atomic E-state index is 6.19. The van der Waals surface area contributed by atoms with Gasteiger partial charge in [0.25, 0.3) is 0 Å². The van der Waals surface area contributed by atoms with Gasteiger partial charge in [0.2, 0.25) is 0 Å². The van der Waals surface area contributed by atoms with Gasteiger partial charge >= 0.3 is 0 Å². The fraction of sp³-hybridized carbons (Fsp3) is 0.500. The van der Waals surface area contributed by atoms with Crippen LogP contribution in [-0.2, 0) is 6.42 Å². The van der Waals surface area contributed by atoms with Crippen molar-refractivity contribution in [2.24, 2.45) is 11.7 Å². The van der Waals surface area contributed by atoms with Crippen LogP contribution in [0.4, 0.5) is 0 Å². The van der Waals surface area contributed by atoms with Crippen LogP contribution in [0.5, 0.6) is 0 Å². The molecule has 0 saturated carbocycles. The molecule has 0 radical (unpaired) electrons. The van der Waals surface area contributed by atoms with Crippen molar-refractivity contribution in [3.05, 3.63) is 35.9 Å². The number of rotatable bonds is 3. The van der Waals surface area contributed by atoms with E-state index in [0.29, 0.717) is 5.92 Å². The second-order valence-electron chi connectivity index (χ2n) is 4.32. The van der Waals surface area contributed by atoms with Gasteiger partial charge in [-0.25, -0.2) is 0 Å². The van der Waals surface area contributed by atoms with Crippen molar-refractivity contribution >= 4 is 0 Å². The van der Waals surface area contributed by atoms with Crippen LogP contribution < -0.4 is 5.73 Å². The first-order valence-electron chi connectivity index (χ1n) is 4.85. The second kappa shape index (κ2) is 3.93. The molecule has 2 N–H and O–H groups in total. The molecule has 0 fully saturated rings. The molecule has 0 amide bonds. The van der Waals surface area contributed by atoms with Gasteiger partial charge in [-0.1, -0.05) is 44.2 Å². The van der Waals surface area contributed by atoms with Crippen LogP contribution in [0, 0.1) is 5.92 Å². The second-order valence-corrected chi connectivity index (χ2v) is 4.32. The Hall–Kier alpha value is -0.820. The van der Waals surface area contributed by atoms with Crippen molar-refractivity contribution in [3.63, 3.8) is 0 Å². The first-order valence-corrected chi connectivity index (χ1v) is 4.85. The Morgan fingerprint density at radius 1 is 1.23 bits per heavy atom.